The van der Waals surface area contributed by atoms with Crippen molar-refractivity contribution in [3.63, 3.8) is 0 Å². The van der Waals surface area contributed by atoms with Gasteiger partial charge in [-0.2, -0.15) is 0 Å². The Hall–Kier alpha value is 0.210. The van der Waals surface area contributed by atoms with Gasteiger partial charge in [0.15, 0.2) is 0 Å². The summed E-state index contributed by atoms with van der Waals surface area (Å²) >= 11 is 5.27. The molecule has 0 atom stereocenters. The molecule has 0 unspecified atom stereocenters. The molecule has 7 heavy (non-hydrogen) atoms. The molecule has 0 aliphatic rings. The van der Waals surface area contributed by atoms with E-state index in [9.17, 15) is 0 Å². The normalized spacial score (nSPS) is 7.71. The molecule has 0 aromatic rings. The lowest BCUT2D eigenvalue weighted by atomic mass is 10.4. The van der Waals surface area contributed by atoms with E-state index in [-0.39, 0.29) is 12.1 Å². The van der Waals surface area contributed by atoms with Crippen molar-refractivity contribution in [2.45, 2.75) is 12.8 Å². The number of rotatable bonds is 3. The van der Waals surface area contributed by atoms with E-state index in [0.717, 1.165) is 12.8 Å². The van der Waals surface area contributed by atoms with E-state index >= 15 is 0 Å². The van der Waals surface area contributed by atoms with E-state index in [1.54, 1.807) is 0 Å². The lowest BCUT2D eigenvalue weighted by Gasteiger charge is -1.84. The topological polar surface area (TPSA) is 51.7 Å². The van der Waals surface area contributed by atoms with Crippen molar-refractivity contribution in [1.82, 2.24) is 0 Å². The second kappa shape index (κ2) is 9.51. The first kappa shape index (κ1) is 10.2. The van der Waals surface area contributed by atoms with E-state index in [4.69, 9.17) is 16.7 Å². The van der Waals surface area contributed by atoms with Crippen molar-refractivity contribution < 1.29 is 10.6 Å². The van der Waals surface area contributed by atoms with Gasteiger partial charge in [-0.1, -0.05) is 0 Å². The van der Waals surface area contributed by atoms with Gasteiger partial charge in [-0.15, -0.1) is 11.6 Å². The number of hydrogen-bond donors (Lipinski definition) is 1. The first-order valence-corrected chi connectivity index (χ1v) is 2.62. The summed E-state index contributed by atoms with van der Waals surface area (Å²) < 4.78 is 0. The van der Waals surface area contributed by atoms with Crippen molar-refractivity contribution in [2.24, 2.45) is 0 Å². The fourth-order valence-corrected chi connectivity index (χ4v) is 0.395. The quantitative estimate of drug-likeness (QED) is 0.426. The van der Waals surface area contributed by atoms with Gasteiger partial charge in [-0.05, 0) is 12.8 Å². The molecule has 0 bridgehead atoms. The van der Waals surface area contributed by atoms with Crippen molar-refractivity contribution in [1.29, 1.82) is 0 Å². The molecule has 2 nitrogen and oxygen atoms in total. The van der Waals surface area contributed by atoms with Gasteiger partial charge in [0, 0.05) is 12.5 Å². The van der Waals surface area contributed by atoms with E-state index in [0.29, 0.717) is 5.88 Å². The van der Waals surface area contributed by atoms with Gasteiger partial charge < -0.3 is 10.6 Å². The van der Waals surface area contributed by atoms with E-state index in [2.05, 4.69) is 0 Å². The molecular formula is C4H11ClO2. The van der Waals surface area contributed by atoms with Crippen molar-refractivity contribution in [3.8, 4) is 0 Å². The van der Waals surface area contributed by atoms with Gasteiger partial charge in [-0.3, -0.25) is 0 Å². The van der Waals surface area contributed by atoms with E-state index < -0.39 is 0 Å². The largest absolute Gasteiger partial charge is 0.412 e. The number of alkyl halides is 1. The van der Waals surface area contributed by atoms with Gasteiger partial charge >= 0.3 is 0 Å². The molecule has 0 aromatic carbocycles. The first-order chi connectivity index (χ1) is 2.91. The summed E-state index contributed by atoms with van der Waals surface area (Å²) in [6.45, 7) is 0.271. The third-order valence-corrected chi connectivity index (χ3v) is 0.809. The molecule has 3 N–H and O–H groups in total. The SMILES string of the molecule is O.OCCCCCl. The molecule has 0 saturated carbocycles. The predicted molar refractivity (Wildman–Crippen MR) is 30.7 cm³/mol. The van der Waals surface area contributed by atoms with Crippen LogP contribution in [0, 0.1) is 0 Å². The minimum absolute atomic E-state index is 0. The number of hydrogen-bond acceptors (Lipinski definition) is 1. The summed E-state index contributed by atoms with van der Waals surface area (Å²) in [4.78, 5) is 0. The smallest absolute Gasteiger partial charge is 0.0431 e. The zero-order valence-electron chi connectivity index (χ0n) is 4.15. The highest BCUT2D eigenvalue weighted by molar-refractivity contribution is 6.17. The van der Waals surface area contributed by atoms with Crippen molar-refractivity contribution in [2.75, 3.05) is 12.5 Å². The lowest BCUT2D eigenvalue weighted by Crippen LogP contribution is -1.81. The summed E-state index contributed by atoms with van der Waals surface area (Å²) in [6, 6.07) is 0. The standard InChI is InChI=1S/C4H9ClO.H2O/c5-3-1-2-4-6;/h6H,1-4H2;1H2. The molecule has 0 rings (SSSR count). The molecule has 0 radical (unpaired) electrons. The average molecular weight is 127 g/mol. The van der Waals surface area contributed by atoms with Crippen LogP contribution < -0.4 is 0 Å². The monoisotopic (exact) mass is 126 g/mol. The minimum atomic E-state index is 0. The van der Waals surface area contributed by atoms with Gasteiger partial charge in [-0.25, -0.2) is 0 Å². The number of halogens is 1. The molecule has 0 fully saturated rings. The predicted octanol–water partition coefficient (Wildman–Crippen LogP) is 0.173. The Morgan fingerprint density at radius 3 is 2.00 bits per heavy atom. The van der Waals surface area contributed by atoms with Gasteiger partial charge in [0.2, 0.25) is 0 Å². The van der Waals surface area contributed by atoms with Crippen LogP contribution in [0.5, 0.6) is 0 Å². The molecule has 0 aliphatic heterocycles. The summed E-state index contributed by atoms with van der Waals surface area (Å²) in [5.74, 6) is 0.667. The third-order valence-electron chi connectivity index (χ3n) is 0.542. The van der Waals surface area contributed by atoms with Crippen LogP contribution in [0.4, 0.5) is 0 Å². The zero-order chi connectivity index (χ0) is 4.83. The second-order valence-corrected chi connectivity index (χ2v) is 1.50. The Labute approximate surface area is 48.4 Å². The summed E-state index contributed by atoms with van der Waals surface area (Å²) in [7, 11) is 0. The van der Waals surface area contributed by atoms with Crippen LogP contribution in [0.3, 0.4) is 0 Å². The maximum Gasteiger partial charge on any atom is 0.0431 e. The highest BCUT2D eigenvalue weighted by atomic mass is 35.5. The molecule has 46 valence electrons. The Kier molecular flexibility index (Phi) is 13.9. The van der Waals surface area contributed by atoms with Crippen LogP contribution in [0.2, 0.25) is 0 Å². The van der Waals surface area contributed by atoms with Gasteiger partial charge in [0.05, 0.1) is 0 Å². The van der Waals surface area contributed by atoms with Crippen molar-refractivity contribution >= 4 is 11.6 Å². The number of unbranched alkanes of at least 4 members (excludes halogenated alkanes) is 1. The first-order valence-electron chi connectivity index (χ1n) is 2.08. The Morgan fingerprint density at radius 1 is 1.29 bits per heavy atom. The zero-order valence-corrected chi connectivity index (χ0v) is 4.91. The molecular weight excluding hydrogens is 115 g/mol. The molecule has 3 heteroatoms. The van der Waals surface area contributed by atoms with Crippen LogP contribution in [0.15, 0.2) is 0 Å². The fourth-order valence-electron chi connectivity index (χ4n) is 0.206. The van der Waals surface area contributed by atoms with Crippen LogP contribution in [0.25, 0.3) is 0 Å². The van der Waals surface area contributed by atoms with Crippen LogP contribution >= 0.6 is 11.6 Å². The number of aliphatic hydroxyl groups excluding tert-OH is 1. The van der Waals surface area contributed by atoms with Crippen LogP contribution in [-0.4, -0.2) is 23.1 Å². The summed E-state index contributed by atoms with van der Waals surface area (Å²) in [5, 5.41) is 8.14. The Balaban J connectivity index is 0. The maximum atomic E-state index is 8.14. The highest BCUT2D eigenvalue weighted by Crippen LogP contribution is 1.87. The Bertz CT molecular complexity index is 21.7. The van der Waals surface area contributed by atoms with Crippen molar-refractivity contribution in [3.05, 3.63) is 0 Å². The molecule has 0 aromatic heterocycles. The minimum Gasteiger partial charge on any atom is -0.412 e. The molecule has 0 aliphatic carbocycles. The van der Waals surface area contributed by atoms with Crippen LogP contribution in [-0.2, 0) is 0 Å². The fraction of sp³-hybridized carbons (Fsp3) is 1.00. The third kappa shape index (κ3) is 10.7. The average Bonchev–Trinajstić information content (AvgIpc) is 1.61. The van der Waals surface area contributed by atoms with E-state index in [1.165, 1.54) is 0 Å². The highest BCUT2D eigenvalue weighted by Gasteiger charge is 1.77. The molecule has 0 heterocycles. The molecule has 0 amide bonds. The molecule has 0 saturated heterocycles. The maximum absolute atomic E-state index is 8.14. The second-order valence-electron chi connectivity index (χ2n) is 1.12. The Morgan fingerprint density at radius 2 is 1.86 bits per heavy atom. The van der Waals surface area contributed by atoms with Gasteiger partial charge in [0.1, 0.15) is 0 Å². The van der Waals surface area contributed by atoms with Gasteiger partial charge in [0.25, 0.3) is 0 Å². The summed E-state index contributed by atoms with van der Waals surface area (Å²) in [6.07, 6.45) is 1.77. The summed E-state index contributed by atoms with van der Waals surface area (Å²) in [5.41, 5.74) is 0. The lowest BCUT2D eigenvalue weighted by molar-refractivity contribution is 0.287. The number of aliphatic hydroxyl groups is 1. The molecule has 0 spiro atoms. The van der Waals surface area contributed by atoms with Crippen LogP contribution in [0.1, 0.15) is 12.8 Å². The van der Waals surface area contributed by atoms with E-state index in [1.807, 2.05) is 0 Å².